The first-order valence-corrected chi connectivity index (χ1v) is 14.2. The van der Waals surface area contributed by atoms with E-state index in [1.54, 1.807) is 7.11 Å². The summed E-state index contributed by atoms with van der Waals surface area (Å²) in [6.45, 7) is 12.5. The van der Waals surface area contributed by atoms with E-state index in [9.17, 15) is 4.79 Å². The highest BCUT2D eigenvalue weighted by molar-refractivity contribution is 6.74. The number of nitrogens with zero attached hydrogens (tertiary/aromatic N) is 1. The van der Waals surface area contributed by atoms with E-state index in [4.69, 9.17) is 18.6 Å². The molecule has 1 aromatic rings. The van der Waals surface area contributed by atoms with Crippen LogP contribution < -0.4 is 9.47 Å². The van der Waals surface area contributed by atoms with E-state index < -0.39 is 8.32 Å². The van der Waals surface area contributed by atoms with Crippen LogP contribution in [0.3, 0.4) is 0 Å². The van der Waals surface area contributed by atoms with E-state index in [1.807, 2.05) is 17.0 Å². The maximum absolute atomic E-state index is 12.3. The van der Waals surface area contributed by atoms with Crippen molar-refractivity contribution in [2.75, 3.05) is 20.3 Å². The second-order valence-corrected chi connectivity index (χ2v) is 15.5. The first-order valence-electron chi connectivity index (χ1n) is 11.3. The molecule has 7 heteroatoms. The molecule has 0 N–H and O–H groups in total. The summed E-state index contributed by atoms with van der Waals surface area (Å²) in [6.07, 6.45) is 3.51. The summed E-state index contributed by atoms with van der Waals surface area (Å²) in [5.74, 6) is 1.58. The highest BCUT2D eigenvalue weighted by Crippen LogP contribution is 2.60. The summed E-state index contributed by atoms with van der Waals surface area (Å²) >= 11 is 0. The molecule has 6 nitrogen and oxygen atoms in total. The number of ether oxygens (including phenoxy) is 3. The number of hydrogen-bond donors (Lipinski definition) is 0. The van der Waals surface area contributed by atoms with Gasteiger partial charge in [0, 0.05) is 12.1 Å². The Kier molecular flexibility index (Phi) is 4.55. The van der Waals surface area contributed by atoms with Gasteiger partial charge in [0.25, 0.3) is 0 Å². The van der Waals surface area contributed by atoms with Crippen LogP contribution in [0.2, 0.25) is 18.1 Å². The monoisotopic (exact) mass is 443 g/mol. The highest BCUT2D eigenvalue weighted by Gasteiger charge is 2.63. The number of fused-ring (bicyclic) bond motifs is 3. The molecule has 1 spiro atoms. The maximum Gasteiger partial charge on any atom is 0.410 e. The van der Waals surface area contributed by atoms with Crippen LogP contribution in [0, 0.1) is 0 Å². The van der Waals surface area contributed by atoms with E-state index >= 15 is 0 Å². The van der Waals surface area contributed by atoms with Crippen molar-refractivity contribution in [2.24, 2.45) is 0 Å². The number of hydrogen-bond acceptors (Lipinski definition) is 5. The van der Waals surface area contributed by atoms with E-state index in [0.717, 1.165) is 29.9 Å². The molecule has 1 aromatic carbocycles. The molecule has 1 amide bonds. The van der Waals surface area contributed by atoms with Gasteiger partial charge in [0.05, 0.1) is 24.7 Å². The number of cyclic esters (lactones) is 1. The summed E-state index contributed by atoms with van der Waals surface area (Å²) < 4.78 is 24.8. The predicted molar refractivity (Wildman–Crippen MR) is 120 cm³/mol. The van der Waals surface area contributed by atoms with Crippen molar-refractivity contribution >= 4 is 14.4 Å². The summed E-state index contributed by atoms with van der Waals surface area (Å²) in [5.41, 5.74) is 2.09. The van der Waals surface area contributed by atoms with Crippen molar-refractivity contribution < 1.29 is 23.4 Å². The molecule has 5 rings (SSSR count). The third kappa shape index (κ3) is 2.82. The SMILES string of the molecule is COc1cccc2c1O[C@H]1[C@@H](O[Si](C)(C)C(C)(C)C)CC=C3[C@H]4COC(=O)N4CCC321. The van der Waals surface area contributed by atoms with Gasteiger partial charge in [-0.3, -0.25) is 4.90 Å². The molecule has 3 aliphatic heterocycles. The Labute approximate surface area is 185 Å². The Bertz CT molecular complexity index is 952. The molecule has 0 aromatic heterocycles. The lowest BCUT2D eigenvalue weighted by Crippen LogP contribution is -2.61. The zero-order valence-electron chi connectivity index (χ0n) is 19.4. The summed E-state index contributed by atoms with van der Waals surface area (Å²) in [5, 5.41) is 0.113. The normalized spacial score (nSPS) is 31.7. The van der Waals surface area contributed by atoms with Gasteiger partial charge >= 0.3 is 6.09 Å². The Morgan fingerprint density at radius 1 is 1.26 bits per heavy atom. The van der Waals surface area contributed by atoms with Crippen molar-refractivity contribution in [3.63, 3.8) is 0 Å². The third-order valence-electron chi connectivity index (χ3n) is 8.17. The standard InChI is InChI=1S/C24H33NO5Si/c1-23(2,3)31(5,6)30-19-11-10-15-17-14-28-22(26)25(17)13-12-24(15)16-8-7-9-18(27-4)20(16)29-21(19)24/h7-10,17,19,21H,11-14H2,1-6H3/t17-,19+,21+,24?/m1/s1. The highest BCUT2D eigenvalue weighted by atomic mass is 28.4. The minimum atomic E-state index is -2.00. The fourth-order valence-corrected chi connectivity index (χ4v) is 6.89. The first kappa shape index (κ1) is 20.9. The Morgan fingerprint density at radius 2 is 2.03 bits per heavy atom. The van der Waals surface area contributed by atoms with E-state index in [1.165, 1.54) is 5.57 Å². The predicted octanol–water partition coefficient (Wildman–Crippen LogP) is 4.64. The number of rotatable bonds is 3. The van der Waals surface area contributed by atoms with E-state index in [-0.39, 0.29) is 34.8 Å². The van der Waals surface area contributed by atoms with Crippen molar-refractivity contribution in [3.8, 4) is 11.5 Å². The van der Waals surface area contributed by atoms with Gasteiger partial charge < -0.3 is 18.6 Å². The van der Waals surface area contributed by atoms with Gasteiger partial charge in [-0.25, -0.2) is 4.79 Å². The molecule has 2 saturated heterocycles. The molecular weight excluding hydrogens is 410 g/mol. The number of carbonyl (C=O) groups is 1. The lowest BCUT2D eigenvalue weighted by Gasteiger charge is -2.51. The number of benzene rings is 1. The van der Waals surface area contributed by atoms with Crippen LogP contribution in [-0.2, 0) is 14.6 Å². The average molecular weight is 444 g/mol. The van der Waals surface area contributed by atoms with Crippen molar-refractivity contribution in [1.82, 2.24) is 4.90 Å². The molecule has 2 fully saturated rings. The fourth-order valence-electron chi connectivity index (χ4n) is 5.56. The van der Waals surface area contributed by atoms with E-state index in [2.05, 4.69) is 46.0 Å². The van der Waals surface area contributed by atoms with Crippen molar-refractivity contribution in [3.05, 3.63) is 35.4 Å². The van der Waals surface area contributed by atoms with Crippen LogP contribution in [0.15, 0.2) is 29.8 Å². The smallest absolute Gasteiger partial charge is 0.410 e. The number of amides is 1. The second-order valence-electron chi connectivity index (χ2n) is 10.7. The van der Waals surface area contributed by atoms with Crippen LogP contribution in [0.1, 0.15) is 39.2 Å². The zero-order valence-corrected chi connectivity index (χ0v) is 20.4. The largest absolute Gasteiger partial charge is 0.493 e. The van der Waals surface area contributed by atoms with Gasteiger partial charge in [-0.05, 0) is 42.6 Å². The summed E-state index contributed by atoms with van der Waals surface area (Å²) in [6, 6.07) is 6.13. The second kappa shape index (κ2) is 6.75. The van der Waals surface area contributed by atoms with Crippen molar-refractivity contribution in [2.45, 2.75) is 75.4 Å². The van der Waals surface area contributed by atoms with Crippen molar-refractivity contribution in [1.29, 1.82) is 0 Å². The fraction of sp³-hybridized carbons (Fsp3) is 0.625. The Morgan fingerprint density at radius 3 is 2.74 bits per heavy atom. The zero-order chi connectivity index (χ0) is 22.2. The first-order chi connectivity index (χ1) is 14.6. The molecular formula is C24H33NO5Si. The van der Waals surface area contributed by atoms with Crippen LogP contribution in [-0.4, -0.2) is 57.8 Å². The van der Waals surface area contributed by atoms with Gasteiger partial charge in [-0.1, -0.05) is 39.0 Å². The van der Waals surface area contributed by atoms with Gasteiger partial charge in [-0.15, -0.1) is 0 Å². The molecule has 31 heavy (non-hydrogen) atoms. The molecule has 0 radical (unpaired) electrons. The minimum Gasteiger partial charge on any atom is -0.493 e. The third-order valence-corrected chi connectivity index (χ3v) is 12.7. The number of para-hydroxylation sites is 1. The number of carbonyl (C=O) groups excluding carboxylic acids is 1. The summed E-state index contributed by atoms with van der Waals surface area (Å²) in [7, 11) is -0.319. The van der Waals surface area contributed by atoms with Gasteiger partial charge in [0.2, 0.25) is 0 Å². The van der Waals surface area contributed by atoms with Crippen LogP contribution in [0.4, 0.5) is 4.79 Å². The molecule has 168 valence electrons. The van der Waals surface area contributed by atoms with Crippen LogP contribution >= 0.6 is 0 Å². The quantitative estimate of drug-likeness (QED) is 0.503. The molecule has 3 heterocycles. The molecule has 0 saturated carbocycles. The number of piperidine rings is 1. The van der Waals surface area contributed by atoms with Crippen LogP contribution in [0.5, 0.6) is 11.5 Å². The molecule has 1 unspecified atom stereocenters. The molecule has 4 atom stereocenters. The average Bonchev–Trinajstić information content (AvgIpc) is 3.25. The van der Waals surface area contributed by atoms with Gasteiger partial charge in [-0.2, -0.15) is 0 Å². The summed E-state index contributed by atoms with van der Waals surface area (Å²) in [4.78, 5) is 14.2. The molecule has 0 bridgehead atoms. The van der Waals surface area contributed by atoms with Gasteiger partial charge in [0.15, 0.2) is 19.8 Å². The molecule has 1 aliphatic carbocycles. The molecule has 4 aliphatic rings. The lowest BCUT2D eigenvalue weighted by atomic mass is 9.60. The Balaban J connectivity index is 1.62. The van der Waals surface area contributed by atoms with Crippen LogP contribution in [0.25, 0.3) is 0 Å². The topological polar surface area (TPSA) is 57.2 Å². The lowest BCUT2D eigenvalue weighted by molar-refractivity contribution is 0.000845. The Hall–Kier alpha value is -1.99. The maximum atomic E-state index is 12.3. The number of methoxy groups -OCH3 is 1. The minimum absolute atomic E-state index is 0.0293. The van der Waals surface area contributed by atoms with E-state index in [0.29, 0.717) is 13.2 Å². The van der Waals surface area contributed by atoms with Gasteiger partial charge in [0.1, 0.15) is 12.7 Å².